The van der Waals surface area contributed by atoms with Gasteiger partial charge in [-0.15, -0.1) is 6.42 Å². The number of fused-ring (bicyclic) bond motifs is 1. The molecule has 13 heavy (non-hydrogen) atoms. The highest BCUT2D eigenvalue weighted by atomic mass is 15.1. The molecule has 1 N–H and O–H groups in total. The second-order valence-corrected chi connectivity index (χ2v) is 2.70. The molecule has 0 amide bonds. The lowest BCUT2D eigenvalue weighted by atomic mass is 10.2. The maximum atomic E-state index is 5.30. The van der Waals surface area contributed by atoms with Crippen molar-refractivity contribution in [3.05, 3.63) is 30.2 Å². The summed E-state index contributed by atoms with van der Waals surface area (Å²) in [5.41, 5.74) is 1.86. The summed E-state index contributed by atoms with van der Waals surface area (Å²) in [6, 6.07) is 3.81. The third kappa shape index (κ3) is 1.13. The van der Waals surface area contributed by atoms with Crippen LogP contribution in [0.1, 0.15) is 5.56 Å². The first-order chi connectivity index (χ1) is 6.35. The van der Waals surface area contributed by atoms with Crippen molar-refractivity contribution >= 4 is 11.3 Å². The SMILES string of the molecule is C#Cc1ccn2cnc(NC)c2c1. The van der Waals surface area contributed by atoms with Crippen molar-refractivity contribution in [3.8, 4) is 12.3 Å². The molecule has 3 nitrogen and oxygen atoms in total. The van der Waals surface area contributed by atoms with Crippen LogP contribution in [0.4, 0.5) is 5.82 Å². The number of pyridine rings is 1. The molecule has 2 aromatic heterocycles. The number of nitrogens with one attached hydrogen (secondary N) is 1. The van der Waals surface area contributed by atoms with Gasteiger partial charge in [-0.05, 0) is 12.1 Å². The van der Waals surface area contributed by atoms with Crippen LogP contribution in [0.5, 0.6) is 0 Å². The standard InChI is InChI=1S/C10H9N3/c1-3-8-4-5-13-7-12-10(11-2)9(13)6-8/h1,4-7,11H,2H3. The number of hydrogen-bond acceptors (Lipinski definition) is 2. The minimum Gasteiger partial charge on any atom is -0.371 e. The Morgan fingerprint density at radius 2 is 2.46 bits per heavy atom. The van der Waals surface area contributed by atoms with Crippen molar-refractivity contribution in [2.75, 3.05) is 12.4 Å². The monoisotopic (exact) mass is 171 g/mol. The van der Waals surface area contributed by atoms with E-state index >= 15 is 0 Å². The van der Waals surface area contributed by atoms with E-state index < -0.39 is 0 Å². The zero-order valence-corrected chi connectivity index (χ0v) is 7.28. The average Bonchev–Trinajstić information content (AvgIpc) is 2.59. The summed E-state index contributed by atoms with van der Waals surface area (Å²) in [5, 5.41) is 3.00. The second-order valence-electron chi connectivity index (χ2n) is 2.70. The first-order valence-corrected chi connectivity index (χ1v) is 3.96. The molecule has 0 fully saturated rings. The molecule has 2 aromatic rings. The quantitative estimate of drug-likeness (QED) is 0.656. The predicted molar refractivity (Wildman–Crippen MR) is 52.7 cm³/mol. The lowest BCUT2D eigenvalue weighted by Crippen LogP contribution is -1.89. The topological polar surface area (TPSA) is 29.3 Å². The van der Waals surface area contributed by atoms with Gasteiger partial charge in [0.05, 0.1) is 5.52 Å². The third-order valence-electron chi connectivity index (χ3n) is 1.94. The van der Waals surface area contributed by atoms with E-state index in [1.807, 2.05) is 29.8 Å². The van der Waals surface area contributed by atoms with Gasteiger partial charge in [0.1, 0.15) is 6.33 Å². The molecule has 64 valence electrons. The van der Waals surface area contributed by atoms with Crippen LogP contribution in [-0.2, 0) is 0 Å². The van der Waals surface area contributed by atoms with Gasteiger partial charge in [-0.25, -0.2) is 4.98 Å². The van der Waals surface area contributed by atoms with Crippen LogP contribution in [0.2, 0.25) is 0 Å². The first-order valence-electron chi connectivity index (χ1n) is 3.96. The molecule has 0 saturated carbocycles. The normalized spacial score (nSPS) is 9.85. The van der Waals surface area contributed by atoms with Gasteiger partial charge in [-0.3, -0.25) is 0 Å². The van der Waals surface area contributed by atoms with Crippen LogP contribution in [0.15, 0.2) is 24.7 Å². The van der Waals surface area contributed by atoms with Crippen molar-refractivity contribution in [2.24, 2.45) is 0 Å². The minimum atomic E-state index is 0.845. The smallest absolute Gasteiger partial charge is 0.151 e. The van der Waals surface area contributed by atoms with Gasteiger partial charge < -0.3 is 9.72 Å². The molecule has 0 atom stereocenters. The van der Waals surface area contributed by atoms with E-state index in [9.17, 15) is 0 Å². The Morgan fingerprint density at radius 3 is 3.15 bits per heavy atom. The number of imidazole rings is 1. The summed E-state index contributed by atoms with van der Waals surface area (Å²) in [6.07, 6.45) is 8.95. The van der Waals surface area contributed by atoms with Crippen LogP contribution >= 0.6 is 0 Å². The van der Waals surface area contributed by atoms with E-state index in [0.29, 0.717) is 0 Å². The Kier molecular flexibility index (Phi) is 1.67. The molecule has 3 heteroatoms. The van der Waals surface area contributed by atoms with Gasteiger partial charge >= 0.3 is 0 Å². The fourth-order valence-electron chi connectivity index (χ4n) is 1.27. The fourth-order valence-corrected chi connectivity index (χ4v) is 1.27. The maximum absolute atomic E-state index is 5.30. The predicted octanol–water partition coefficient (Wildman–Crippen LogP) is 1.36. The van der Waals surface area contributed by atoms with Gasteiger partial charge in [0.15, 0.2) is 5.82 Å². The van der Waals surface area contributed by atoms with Crippen LogP contribution < -0.4 is 5.32 Å². The molecule has 0 aliphatic rings. The van der Waals surface area contributed by atoms with E-state index in [0.717, 1.165) is 16.9 Å². The highest BCUT2D eigenvalue weighted by molar-refractivity contribution is 5.69. The summed E-state index contributed by atoms with van der Waals surface area (Å²) < 4.78 is 1.92. The number of hydrogen-bond donors (Lipinski definition) is 1. The molecule has 0 aromatic carbocycles. The minimum absolute atomic E-state index is 0.845. The Bertz CT molecular complexity index is 476. The molecule has 0 radical (unpaired) electrons. The van der Waals surface area contributed by atoms with Crippen LogP contribution in [0.3, 0.4) is 0 Å². The summed E-state index contributed by atoms with van der Waals surface area (Å²) in [5.74, 6) is 3.44. The van der Waals surface area contributed by atoms with E-state index in [-0.39, 0.29) is 0 Å². The van der Waals surface area contributed by atoms with E-state index in [4.69, 9.17) is 6.42 Å². The van der Waals surface area contributed by atoms with Crippen LogP contribution in [0, 0.1) is 12.3 Å². The summed E-state index contributed by atoms with van der Waals surface area (Å²) >= 11 is 0. The lowest BCUT2D eigenvalue weighted by molar-refractivity contribution is 1.15. The molecule has 2 heterocycles. The van der Waals surface area contributed by atoms with E-state index in [2.05, 4.69) is 16.2 Å². The van der Waals surface area contributed by atoms with Gasteiger partial charge in [-0.2, -0.15) is 0 Å². The first kappa shape index (κ1) is 7.69. The second kappa shape index (κ2) is 2.83. The van der Waals surface area contributed by atoms with Crippen molar-refractivity contribution in [1.29, 1.82) is 0 Å². The number of terminal acetylenes is 1. The van der Waals surface area contributed by atoms with Gasteiger partial charge in [-0.1, -0.05) is 5.92 Å². The summed E-state index contributed by atoms with van der Waals surface area (Å²) in [7, 11) is 1.84. The molecule has 2 rings (SSSR count). The summed E-state index contributed by atoms with van der Waals surface area (Å²) in [4.78, 5) is 4.17. The average molecular weight is 171 g/mol. The number of rotatable bonds is 1. The van der Waals surface area contributed by atoms with Crippen molar-refractivity contribution in [1.82, 2.24) is 9.38 Å². The fraction of sp³-hybridized carbons (Fsp3) is 0.100. The Balaban J connectivity index is 2.73. The van der Waals surface area contributed by atoms with Crippen molar-refractivity contribution in [2.45, 2.75) is 0 Å². The maximum Gasteiger partial charge on any atom is 0.151 e. The largest absolute Gasteiger partial charge is 0.371 e. The Morgan fingerprint density at radius 1 is 1.62 bits per heavy atom. The number of aromatic nitrogens is 2. The van der Waals surface area contributed by atoms with Crippen molar-refractivity contribution < 1.29 is 0 Å². The van der Waals surface area contributed by atoms with E-state index in [1.165, 1.54) is 0 Å². The van der Waals surface area contributed by atoms with Gasteiger partial charge in [0.25, 0.3) is 0 Å². The molecular weight excluding hydrogens is 162 g/mol. The zero-order chi connectivity index (χ0) is 9.26. The van der Waals surface area contributed by atoms with Gasteiger partial charge in [0.2, 0.25) is 0 Å². The molecule has 0 bridgehead atoms. The number of nitrogens with zero attached hydrogens (tertiary/aromatic N) is 2. The van der Waals surface area contributed by atoms with Gasteiger partial charge in [0, 0.05) is 18.8 Å². The molecule has 0 unspecified atom stereocenters. The highest BCUT2D eigenvalue weighted by Gasteiger charge is 2.01. The molecule has 0 aliphatic heterocycles. The molecule has 0 saturated heterocycles. The third-order valence-corrected chi connectivity index (χ3v) is 1.94. The number of anilines is 1. The molecule has 0 spiro atoms. The highest BCUT2D eigenvalue weighted by Crippen LogP contribution is 2.15. The van der Waals surface area contributed by atoms with Crippen molar-refractivity contribution in [3.63, 3.8) is 0 Å². The molecular formula is C10H9N3. The lowest BCUT2D eigenvalue weighted by Gasteiger charge is -1.97. The zero-order valence-electron chi connectivity index (χ0n) is 7.28. The Labute approximate surface area is 76.4 Å². The van der Waals surface area contributed by atoms with Crippen LogP contribution in [-0.4, -0.2) is 16.4 Å². The Hall–Kier alpha value is -1.95. The van der Waals surface area contributed by atoms with Crippen LogP contribution in [0.25, 0.3) is 5.52 Å². The summed E-state index contributed by atoms with van der Waals surface area (Å²) in [6.45, 7) is 0. The van der Waals surface area contributed by atoms with E-state index in [1.54, 1.807) is 6.33 Å². The molecule has 0 aliphatic carbocycles.